The van der Waals surface area contributed by atoms with Crippen LogP contribution in [-0.4, -0.2) is 44.0 Å². The predicted molar refractivity (Wildman–Crippen MR) is 121 cm³/mol. The zero-order valence-corrected chi connectivity index (χ0v) is 19.4. The zero-order valence-electron chi connectivity index (χ0n) is 18.4. The quantitative estimate of drug-likeness (QED) is 0.680. The second kappa shape index (κ2) is 7.61. The summed E-state index contributed by atoms with van der Waals surface area (Å²) >= 11 is 0. The highest BCUT2D eigenvalue weighted by molar-refractivity contribution is 6.99. The van der Waals surface area contributed by atoms with Crippen LogP contribution in [0.4, 0.5) is 4.39 Å². The summed E-state index contributed by atoms with van der Waals surface area (Å²) in [5, 5.41) is 2.27. The Balaban J connectivity index is 1.79. The molecule has 160 valence electrons. The van der Waals surface area contributed by atoms with Gasteiger partial charge in [-0.2, -0.15) is 0 Å². The Labute approximate surface area is 180 Å². The van der Waals surface area contributed by atoms with E-state index in [4.69, 9.17) is 4.43 Å². The van der Waals surface area contributed by atoms with E-state index in [1.807, 2.05) is 19.1 Å². The van der Waals surface area contributed by atoms with Crippen molar-refractivity contribution >= 4 is 24.6 Å². The van der Waals surface area contributed by atoms with Crippen LogP contribution in [0.5, 0.6) is 0 Å². The van der Waals surface area contributed by atoms with E-state index in [2.05, 4.69) is 69.3 Å². The van der Waals surface area contributed by atoms with Crippen LogP contribution in [0.2, 0.25) is 5.04 Å². The molecular formula is C25H32FNO2Si. The molecule has 2 aromatic rings. The third-order valence-electron chi connectivity index (χ3n) is 6.90. The number of carbonyl (C=O) groups is 1. The molecule has 0 aromatic heterocycles. The summed E-state index contributed by atoms with van der Waals surface area (Å²) in [6.07, 6.45) is 0.0790. The molecule has 5 heteroatoms. The smallest absolute Gasteiger partial charge is 0.261 e. The minimum Gasteiger partial charge on any atom is -0.405 e. The van der Waals surface area contributed by atoms with Gasteiger partial charge in [0, 0.05) is 12.3 Å². The van der Waals surface area contributed by atoms with E-state index in [-0.39, 0.29) is 23.4 Å². The molecule has 0 N–H and O–H groups in total. The van der Waals surface area contributed by atoms with E-state index < -0.39 is 20.0 Å². The average Bonchev–Trinajstić information content (AvgIpc) is 3.14. The number of alkyl halides is 1. The van der Waals surface area contributed by atoms with Crippen LogP contribution in [-0.2, 0) is 9.22 Å². The molecule has 1 amide bonds. The molecular weight excluding hydrogens is 393 g/mol. The SMILES string of the molecule is CC1C[C@@]2(CO[Si](c3ccccc3)(c3ccccc3)C(C)(C)C)C[C@@H](F)CN2C1=O. The summed E-state index contributed by atoms with van der Waals surface area (Å²) in [4.78, 5) is 14.5. The van der Waals surface area contributed by atoms with Crippen molar-refractivity contribution in [3.8, 4) is 0 Å². The molecule has 0 radical (unpaired) electrons. The van der Waals surface area contributed by atoms with Crippen LogP contribution >= 0.6 is 0 Å². The fourth-order valence-electron chi connectivity index (χ4n) is 5.62. The van der Waals surface area contributed by atoms with Crippen molar-refractivity contribution in [2.45, 2.75) is 57.3 Å². The monoisotopic (exact) mass is 425 g/mol. The normalized spacial score (nSPS) is 26.8. The Hall–Kier alpha value is -1.98. The van der Waals surface area contributed by atoms with E-state index in [1.165, 1.54) is 10.4 Å². The fourth-order valence-corrected chi connectivity index (χ4v) is 10.3. The van der Waals surface area contributed by atoms with E-state index in [0.29, 0.717) is 19.4 Å². The highest BCUT2D eigenvalue weighted by Crippen LogP contribution is 2.45. The number of nitrogens with zero attached hydrogens (tertiary/aromatic N) is 1. The lowest BCUT2D eigenvalue weighted by Crippen LogP contribution is -2.68. The van der Waals surface area contributed by atoms with Crippen molar-refractivity contribution in [1.29, 1.82) is 0 Å². The molecule has 2 saturated heterocycles. The van der Waals surface area contributed by atoms with Gasteiger partial charge in [0.25, 0.3) is 8.32 Å². The minimum atomic E-state index is -2.71. The number of carbonyl (C=O) groups excluding carboxylic acids is 1. The van der Waals surface area contributed by atoms with E-state index in [0.717, 1.165) is 0 Å². The van der Waals surface area contributed by atoms with E-state index in [9.17, 15) is 9.18 Å². The third-order valence-corrected chi connectivity index (χ3v) is 11.9. The number of hydrogen-bond donors (Lipinski definition) is 0. The Bertz CT molecular complexity index is 859. The first kappa shape index (κ1) is 21.3. The molecule has 1 unspecified atom stereocenters. The zero-order chi connectivity index (χ0) is 21.6. The molecule has 2 aliphatic rings. The second-order valence-corrected chi connectivity index (χ2v) is 14.3. The molecule has 3 atom stereocenters. The maximum atomic E-state index is 14.5. The Morgan fingerprint density at radius 2 is 1.57 bits per heavy atom. The highest BCUT2D eigenvalue weighted by Gasteiger charge is 2.58. The number of hydrogen-bond acceptors (Lipinski definition) is 2. The summed E-state index contributed by atoms with van der Waals surface area (Å²) in [6.45, 7) is 9.26. The van der Waals surface area contributed by atoms with Crippen molar-refractivity contribution in [2.24, 2.45) is 5.92 Å². The Morgan fingerprint density at radius 1 is 1.03 bits per heavy atom. The van der Waals surface area contributed by atoms with E-state index in [1.54, 1.807) is 4.90 Å². The van der Waals surface area contributed by atoms with Gasteiger partial charge in [0.2, 0.25) is 5.91 Å². The van der Waals surface area contributed by atoms with Crippen LogP contribution in [0.25, 0.3) is 0 Å². The van der Waals surface area contributed by atoms with Gasteiger partial charge in [0.05, 0.1) is 18.7 Å². The molecule has 2 aliphatic heterocycles. The lowest BCUT2D eigenvalue weighted by Gasteiger charge is -2.45. The van der Waals surface area contributed by atoms with Gasteiger partial charge in [-0.05, 0) is 21.8 Å². The van der Waals surface area contributed by atoms with E-state index >= 15 is 0 Å². The summed E-state index contributed by atoms with van der Waals surface area (Å²) in [5.74, 6) is 0.00134. The first-order valence-electron chi connectivity index (χ1n) is 10.9. The lowest BCUT2D eigenvalue weighted by atomic mass is 9.91. The standard InChI is InChI=1S/C25H32FNO2Si/c1-19-15-25(16-20(26)17-27(25)23(19)28)18-29-30(24(2,3)4,21-11-7-5-8-12-21)22-13-9-6-10-14-22/h5-14,19-20H,15-18H2,1-4H3/t19?,20-,25+/m1/s1. The minimum absolute atomic E-state index is 0.0692. The van der Waals surface area contributed by atoms with Crippen molar-refractivity contribution in [3.63, 3.8) is 0 Å². The highest BCUT2D eigenvalue weighted by atomic mass is 28.4. The topological polar surface area (TPSA) is 29.5 Å². The molecule has 30 heavy (non-hydrogen) atoms. The molecule has 0 bridgehead atoms. The van der Waals surface area contributed by atoms with Gasteiger partial charge in [-0.25, -0.2) is 4.39 Å². The third kappa shape index (κ3) is 3.32. The van der Waals surface area contributed by atoms with Crippen molar-refractivity contribution in [1.82, 2.24) is 4.90 Å². The maximum absolute atomic E-state index is 14.5. The molecule has 0 aliphatic carbocycles. The summed E-state index contributed by atoms with van der Waals surface area (Å²) in [6, 6.07) is 21.0. The molecule has 2 aromatic carbocycles. The first-order valence-corrected chi connectivity index (χ1v) is 12.8. The second-order valence-electron chi connectivity index (χ2n) is 10.0. The van der Waals surface area contributed by atoms with Crippen molar-refractivity contribution in [3.05, 3.63) is 60.7 Å². The molecule has 3 nitrogen and oxygen atoms in total. The lowest BCUT2D eigenvalue weighted by molar-refractivity contribution is -0.132. The molecule has 4 rings (SSSR count). The molecule has 0 saturated carbocycles. The largest absolute Gasteiger partial charge is 0.405 e. The molecule has 2 heterocycles. The molecule has 2 fully saturated rings. The number of amides is 1. The summed E-state index contributed by atoms with van der Waals surface area (Å²) in [7, 11) is -2.71. The first-order chi connectivity index (χ1) is 14.2. The van der Waals surface area contributed by atoms with Gasteiger partial charge in [-0.15, -0.1) is 0 Å². The van der Waals surface area contributed by atoms with Crippen LogP contribution < -0.4 is 10.4 Å². The van der Waals surface area contributed by atoms with Crippen LogP contribution in [0.15, 0.2) is 60.7 Å². The van der Waals surface area contributed by atoms with Gasteiger partial charge < -0.3 is 9.33 Å². The van der Waals surface area contributed by atoms with Crippen LogP contribution in [0.1, 0.15) is 40.5 Å². The van der Waals surface area contributed by atoms with Crippen molar-refractivity contribution in [2.75, 3.05) is 13.2 Å². The number of halogens is 1. The fraction of sp³-hybridized carbons (Fsp3) is 0.480. The number of rotatable bonds is 5. The average molecular weight is 426 g/mol. The van der Waals surface area contributed by atoms with Gasteiger partial charge >= 0.3 is 0 Å². The number of benzene rings is 2. The Kier molecular flexibility index (Phi) is 5.39. The summed E-state index contributed by atoms with van der Waals surface area (Å²) < 4.78 is 21.5. The Morgan fingerprint density at radius 3 is 2.07 bits per heavy atom. The summed E-state index contributed by atoms with van der Waals surface area (Å²) in [5.41, 5.74) is -0.525. The van der Waals surface area contributed by atoms with Gasteiger partial charge in [0.1, 0.15) is 6.17 Å². The maximum Gasteiger partial charge on any atom is 0.261 e. The number of fused-ring (bicyclic) bond motifs is 1. The van der Waals surface area contributed by atoms with Gasteiger partial charge in [-0.1, -0.05) is 88.4 Å². The molecule has 0 spiro atoms. The van der Waals surface area contributed by atoms with Crippen LogP contribution in [0.3, 0.4) is 0 Å². The van der Waals surface area contributed by atoms with Crippen molar-refractivity contribution < 1.29 is 13.6 Å². The van der Waals surface area contributed by atoms with Gasteiger partial charge in [0.15, 0.2) is 0 Å². The van der Waals surface area contributed by atoms with Gasteiger partial charge in [-0.3, -0.25) is 4.79 Å². The van der Waals surface area contributed by atoms with Crippen LogP contribution in [0, 0.1) is 5.92 Å². The predicted octanol–water partition coefficient (Wildman–Crippen LogP) is 3.91.